The molecule has 0 aromatic heterocycles. The van der Waals surface area contributed by atoms with Gasteiger partial charge in [0.15, 0.2) is 0 Å². The van der Waals surface area contributed by atoms with Crippen molar-refractivity contribution in [1.82, 2.24) is 4.31 Å². The fourth-order valence-corrected chi connectivity index (χ4v) is 5.45. The summed E-state index contributed by atoms with van der Waals surface area (Å²) in [7, 11) is -2.13. The van der Waals surface area contributed by atoms with Crippen LogP contribution in [0.1, 0.15) is 51.0 Å². The van der Waals surface area contributed by atoms with Crippen LogP contribution in [-0.2, 0) is 14.8 Å². The number of carbonyl (C=O) groups excluding carboxylic acids is 1. The predicted molar refractivity (Wildman–Crippen MR) is 118 cm³/mol. The number of methoxy groups -OCH3 is 1. The molecular weight excluding hydrogens is 400 g/mol. The van der Waals surface area contributed by atoms with Gasteiger partial charge >= 0.3 is 0 Å². The number of anilines is 1. The Bertz CT molecular complexity index is 954. The van der Waals surface area contributed by atoms with Crippen molar-refractivity contribution in [3.63, 3.8) is 0 Å². The minimum absolute atomic E-state index is 0.140. The van der Waals surface area contributed by atoms with Crippen molar-refractivity contribution in [2.75, 3.05) is 19.0 Å². The van der Waals surface area contributed by atoms with Crippen LogP contribution in [0.2, 0.25) is 0 Å². The monoisotopic (exact) mass is 430 g/mol. The smallest absolute Gasteiger partial charge is 0.243 e. The summed E-state index contributed by atoms with van der Waals surface area (Å²) in [6, 6.07) is 13.8. The van der Waals surface area contributed by atoms with Crippen LogP contribution in [0.4, 0.5) is 5.69 Å². The Balaban J connectivity index is 1.70. The second-order valence-corrected chi connectivity index (χ2v) is 9.86. The van der Waals surface area contributed by atoms with Crippen molar-refractivity contribution in [2.45, 2.75) is 56.4 Å². The Morgan fingerprint density at radius 2 is 1.77 bits per heavy atom. The lowest BCUT2D eigenvalue weighted by molar-refractivity contribution is -0.117. The van der Waals surface area contributed by atoms with Crippen molar-refractivity contribution < 1.29 is 17.9 Å². The van der Waals surface area contributed by atoms with Crippen LogP contribution in [0.3, 0.4) is 0 Å². The number of ether oxygens (including phenoxy) is 1. The van der Waals surface area contributed by atoms with E-state index in [2.05, 4.69) is 19.2 Å². The van der Waals surface area contributed by atoms with Gasteiger partial charge in [-0.25, -0.2) is 8.42 Å². The molecular formula is C23H30N2O4S. The van der Waals surface area contributed by atoms with Gasteiger partial charge in [0.05, 0.1) is 12.0 Å². The van der Waals surface area contributed by atoms with Gasteiger partial charge in [0.1, 0.15) is 5.75 Å². The highest BCUT2D eigenvalue weighted by Crippen LogP contribution is 2.28. The molecule has 7 heteroatoms. The van der Waals surface area contributed by atoms with Crippen LogP contribution < -0.4 is 10.1 Å². The third kappa shape index (κ3) is 5.21. The van der Waals surface area contributed by atoms with Gasteiger partial charge in [0.25, 0.3) is 0 Å². The highest BCUT2D eigenvalue weighted by atomic mass is 32.2. The zero-order chi connectivity index (χ0) is 21.7. The lowest BCUT2D eigenvalue weighted by Gasteiger charge is -2.34. The normalized spacial score (nSPS) is 17.7. The van der Waals surface area contributed by atoms with Gasteiger partial charge in [0.2, 0.25) is 15.9 Å². The number of carbonyl (C=O) groups is 1. The molecule has 0 aliphatic carbocycles. The zero-order valence-electron chi connectivity index (χ0n) is 17.8. The molecule has 2 aromatic rings. The molecule has 0 spiro atoms. The first-order chi connectivity index (χ1) is 14.3. The molecule has 1 saturated heterocycles. The van der Waals surface area contributed by atoms with Crippen LogP contribution in [0.5, 0.6) is 5.75 Å². The van der Waals surface area contributed by atoms with E-state index in [9.17, 15) is 13.2 Å². The van der Waals surface area contributed by atoms with Crippen molar-refractivity contribution in [3.05, 3.63) is 54.1 Å². The van der Waals surface area contributed by atoms with Gasteiger partial charge in [-0.15, -0.1) is 0 Å². The van der Waals surface area contributed by atoms with Gasteiger partial charge < -0.3 is 10.1 Å². The van der Waals surface area contributed by atoms with E-state index in [0.29, 0.717) is 24.6 Å². The summed E-state index contributed by atoms with van der Waals surface area (Å²) in [6.45, 7) is 4.67. The Morgan fingerprint density at radius 1 is 1.10 bits per heavy atom. The number of benzene rings is 2. The first-order valence-corrected chi connectivity index (χ1v) is 11.8. The third-order valence-electron chi connectivity index (χ3n) is 5.52. The van der Waals surface area contributed by atoms with Crippen molar-refractivity contribution in [2.24, 2.45) is 0 Å². The van der Waals surface area contributed by atoms with E-state index in [1.165, 1.54) is 9.87 Å². The second kappa shape index (κ2) is 9.62. The molecule has 1 unspecified atom stereocenters. The van der Waals surface area contributed by atoms with E-state index in [1.807, 2.05) is 24.3 Å². The summed E-state index contributed by atoms with van der Waals surface area (Å²) < 4.78 is 33.0. The average Bonchev–Trinajstić information content (AvgIpc) is 2.74. The number of piperidine rings is 1. The highest BCUT2D eigenvalue weighted by molar-refractivity contribution is 7.89. The maximum atomic E-state index is 13.2. The van der Waals surface area contributed by atoms with E-state index in [4.69, 9.17) is 4.74 Å². The lowest BCUT2D eigenvalue weighted by atomic mass is 10.0. The molecule has 3 rings (SSSR count). The summed E-state index contributed by atoms with van der Waals surface area (Å²) in [4.78, 5) is 12.9. The quantitative estimate of drug-likeness (QED) is 0.707. The Hall–Kier alpha value is -2.38. The number of nitrogens with zero attached hydrogens (tertiary/aromatic N) is 1. The van der Waals surface area contributed by atoms with Gasteiger partial charge in [0, 0.05) is 24.7 Å². The van der Waals surface area contributed by atoms with E-state index in [1.54, 1.807) is 31.4 Å². The molecule has 0 radical (unpaired) electrons. The summed E-state index contributed by atoms with van der Waals surface area (Å²) in [5.74, 6) is 0.856. The number of sulfonamides is 1. The number of amides is 1. The molecule has 30 heavy (non-hydrogen) atoms. The maximum Gasteiger partial charge on any atom is 0.243 e. The molecule has 1 aliphatic rings. The summed E-state index contributed by atoms with van der Waals surface area (Å²) in [5.41, 5.74) is 1.93. The zero-order valence-corrected chi connectivity index (χ0v) is 18.6. The topological polar surface area (TPSA) is 75.7 Å². The molecule has 1 atom stereocenters. The van der Waals surface area contributed by atoms with E-state index < -0.39 is 10.0 Å². The van der Waals surface area contributed by atoms with E-state index >= 15 is 0 Å². The first-order valence-electron chi connectivity index (χ1n) is 10.4. The lowest BCUT2D eigenvalue weighted by Crippen LogP contribution is -2.45. The molecule has 1 heterocycles. The SMILES string of the molecule is COc1ccc(S(=O)(=O)N2CCCCC2CC(=O)Nc2ccc(C(C)C)cc2)cc1. The van der Waals surface area contributed by atoms with Crippen LogP contribution in [0.15, 0.2) is 53.4 Å². The molecule has 1 amide bonds. The molecule has 0 saturated carbocycles. The number of nitrogens with one attached hydrogen (secondary N) is 1. The number of hydrogen-bond donors (Lipinski definition) is 1. The largest absolute Gasteiger partial charge is 0.497 e. The molecule has 1 aliphatic heterocycles. The fourth-order valence-electron chi connectivity index (χ4n) is 3.75. The van der Waals surface area contributed by atoms with Gasteiger partial charge in [-0.3, -0.25) is 4.79 Å². The average molecular weight is 431 g/mol. The third-order valence-corrected chi connectivity index (χ3v) is 7.49. The number of rotatable bonds is 7. The van der Waals surface area contributed by atoms with Gasteiger partial charge in [-0.2, -0.15) is 4.31 Å². The van der Waals surface area contributed by atoms with Gasteiger partial charge in [-0.05, 0) is 60.7 Å². The van der Waals surface area contributed by atoms with Crippen molar-refractivity contribution >= 4 is 21.6 Å². The van der Waals surface area contributed by atoms with Crippen LogP contribution in [0, 0.1) is 0 Å². The minimum atomic E-state index is -3.67. The molecule has 162 valence electrons. The Kier molecular flexibility index (Phi) is 7.15. The minimum Gasteiger partial charge on any atom is -0.497 e. The standard InChI is InChI=1S/C23H30N2O4S/c1-17(2)18-7-9-19(10-8-18)24-23(26)16-20-6-4-5-15-25(20)30(27,28)22-13-11-21(29-3)12-14-22/h7-14,17,20H,4-6,15-16H2,1-3H3,(H,24,26). The van der Waals surface area contributed by atoms with Gasteiger partial charge in [-0.1, -0.05) is 32.4 Å². The van der Waals surface area contributed by atoms with Crippen LogP contribution in [0.25, 0.3) is 0 Å². The molecule has 2 aromatic carbocycles. The second-order valence-electron chi connectivity index (χ2n) is 7.97. The molecule has 1 fully saturated rings. The maximum absolute atomic E-state index is 13.2. The first kappa shape index (κ1) is 22.3. The highest BCUT2D eigenvalue weighted by Gasteiger charge is 2.34. The fraction of sp³-hybridized carbons (Fsp3) is 0.435. The molecule has 0 bridgehead atoms. The predicted octanol–water partition coefficient (Wildman–Crippen LogP) is 4.39. The Labute approximate surface area is 179 Å². The van der Waals surface area contributed by atoms with Crippen molar-refractivity contribution in [3.8, 4) is 5.75 Å². The molecule has 1 N–H and O–H groups in total. The van der Waals surface area contributed by atoms with E-state index in [0.717, 1.165) is 18.5 Å². The van der Waals surface area contributed by atoms with E-state index in [-0.39, 0.29) is 23.3 Å². The number of hydrogen-bond acceptors (Lipinski definition) is 4. The van der Waals surface area contributed by atoms with Crippen LogP contribution >= 0.6 is 0 Å². The van der Waals surface area contributed by atoms with Crippen molar-refractivity contribution in [1.29, 1.82) is 0 Å². The molecule has 6 nitrogen and oxygen atoms in total. The Morgan fingerprint density at radius 3 is 2.37 bits per heavy atom. The summed E-state index contributed by atoms with van der Waals surface area (Å²) in [5, 5.41) is 2.91. The summed E-state index contributed by atoms with van der Waals surface area (Å²) in [6.07, 6.45) is 2.52. The van der Waals surface area contributed by atoms with Crippen LogP contribution in [-0.4, -0.2) is 38.3 Å². The summed E-state index contributed by atoms with van der Waals surface area (Å²) >= 11 is 0.